The van der Waals surface area contributed by atoms with E-state index in [0.717, 1.165) is 24.3 Å². The summed E-state index contributed by atoms with van der Waals surface area (Å²) in [7, 11) is 1.38. The van der Waals surface area contributed by atoms with E-state index in [-0.39, 0.29) is 42.0 Å². The predicted octanol–water partition coefficient (Wildman–Crippen LogP) is 3.30. The molecule has 2 aromatic rings. The minimum atomic E-state index is -1.70. The molecule has 0 atom stereocenters. The molecule has 3 N–H and O–H groups in total. The zero-order valence-corrected chi connectivity index (χ0v) is 16.8. The quantitative estimate of drug-likeness (QED) is 0.189. The van der Waals surface area contributed by atoms with Gasteiger partial charge < -0.3 is 16.0 Å². The number of amides is 1. The molecule has 1 amide bonds. The van der Waals surface area contributed by atoms with E-state index in [1.807, 2.05) is 0 Å². The number of hydrogen-bond donors (Lipinski definition) is 3. The van der Waals surface area contributed by atoms with Crippen molar-refractivity contribution in [3.05, 3.63) is 65.0 Å². The molecule has 0 saturated carbocycles. The Morgan fingerprint density at radius 2 is 1.64 bits per heavy atom. The number of carbonyl (C=O) groups is 1. The largest absolute Gasteiger partial charge is 0.352 e. The summed E-state index contributed by atoms with van der Waals surface area (Å²) in [5, 5.41) is 7.30. The molecule has 0 saturated heterocycles. The molecule has 0 aliphatic heterocycles. The molecular formula is C17H16F5IN4O. The number of halogens is 6. The van der Waals surface area contributed by atoms with Gasteiger partial charge in [-0.3, -0.25) is 9.79 Å². The smallest absolute Gasteiger partial charge is 0.243 e. The molecule has 0 aromatic heterocycles. The fourth-order valence-corrected chi connectivity index (χ4v) is 2.06. The maximum absolute atomic E-state index is 13.6. The number of anilines is 1. The molecule has 11 heteroatoms. The lowest BCUT2D eigenvalue weighted by Gasteiger charge is -2.13. The van der Waals surface area contributed by atoms with Crippen molar-refractivity contribution in [2.24, 2.45) is 4.99 Å². The number of carbonyl (C=O) groups excluding carboxylic acids is 1. The first-order valence-corrected chi connectivity index (χ1v) is 7.63. The summed E-state index contributed by atoms with van der Waals surface area (Å²) < 4.78 is 66.2. The topological polar surface area (TPSA) is 65.5 Å². The second kappa shape index (κ2) is 10.8. The maximum atomic E-state index is 13.6. The van der Waals surface area contributed by atoms with Crippen molar-refractivity contribution in [2.75, 3.05) is 18.9 Å². The van der Waals surface area contributed by atoms with Crippen LogP contribution in [0.15, 0.2) is 35.3 Å². The van der Waals surface area contributed by atoms with Gasteiger partial charge in [-0.05, 0) is 30.3 Å². The summed E-state index contributed by atoms with van der Waals surface area (Å²) in [5.41, 5.74) is -0.475. The number of rotatable bonds is 5. The first-order valence-electron chi connectivity index (χ1n) is 7.63. The molecule has 28 heavy (non-hydrogen) atoms. The summed E-state index contributed by atoms with van der Waals surface area (Å²) in [6.45, 7) is -0.508. The minimum absolute atomic E-state index is 0. The fraction of sp³-hybridized carbons (Fsp3) is 0.176. The monoisotopic (exact) mass is 514 g/mol. The molecule has 0 fully saturated rings. The summed E-state index contributed by atoms with van der Waals surface area (Å²) in [6, 6.07) is 4.52. The van der Waals surface area contributed by atoms with Gasteiger partial charge in [0.2, 0.25) is 5.91 Å². The summed E-state index contributed by atoms with van der Waals surface area (Å²) in [5.74, 6) is -6.50. The molecule has 2 rings (SSSR count). The van der Waals surface area contributed by atoms with Crippen molar-refractivity contribution in [3.8, 4) is 0 Å². The van der Waals surface area contributed by atoms with E-state index < -0.39 is 47.2 Å². The Hall–Kier alpha value is -2.44. The SMILES string of the molecule is CN=C(NCC(=O)Nc1ccc(F)c(F)c1F)NCc1cc(F)ccc1F.I. The van der Waals surface area contributed by atoms with Gasteiger partial charge in [-0.2, -0.15) is 0 Å². The van der Waals surface area contributed by atoms with Crippen molar-refractivity contribution in [1.29, 1.82) is 0 Å². The van der Waals surface area contributed by atoms with Crippen LogP contribution in [0.3, 0.4) is 0 Å². The highest BCUT2D eigenvalue weighted by Gasteiger charge is 2.15. The highest BCUT2D eigenvalue weighted by Crippen LogP contribution is 2.19. The number of benzene rings is 2. The number of nitrogens with zero attached hydrogens (tertiary/aromatic N) is 1. The minimum Gasteiger partial charge on any atom is -0.352 e. The van der Waals surface area contributed by atoms with Crippen LogP contribution in [0.2, 0.25) is 0 Å². The molecule has 0 unspecified atom stereocenters. The van der Waals surface area contributed by atoms with Gasteiger partial charge in [0.25, 0.3) is 0 Å². The Balaban J connectivity index is 0.00000392. The predicted molar refractivity (Wildman–Crippen MR) is 105 cm³/mol. The van der Waals surface area contributed by atoms with Gasteiger partial charge in [0.05, 0.1) is 12.2 Å². The van der Waals surface area contributed by atoms with Crippen LogP contribution in [0.25, 0.3) is 0 Å². The van der Waals surface area contributed by atoms with Crippen LogP contribution >= 0.6 is 24.0 Å². The van der Waals surface area contributed by atoms with Gasteiger partial charge in [0, 0.05) is 19.2 Å². The number of aliphatic imine (C=N–C) groups is 1. The molecule has 0 heterocycles. The molecule has 0 bridgehead atoms. The normalized spacial score (nSPS) is 10.9. The molecule has 0 aliphatic carbocycles. The van der Waals surface area contributed by atoms with Gasteiger partial charge in [0.15, 0.2) is 23.4 Å². The van der Waals surface area contributed by atoms with E-state index in [2.05, 4.69) is 20.9 Å². The molecule has 0 aliphatic rings. The first-order chi connectivity index (χ1) is 12.8. The Bertz CT molecular complexity index is 879. The number of nitrogens with one attached hydrogen (secondary N) is 3. The average Bonchev–Trinajstić information content (AvgIpc) is 2.65. The van der Waals surface area contributed by atoms with Crippen LogP contribution in [0.1, 0.15) is 5.56 Å². The lowest BCUT2D eigenvalue weighted by molar-refractivity contribution is -0.115. The van der Waals surface area contributed by atoms with Crippen LogP contribution in [0.5, 0.6) is 0 Å². The van der Waals surface area contributed by atoms with Gasteiger partial charge >= 0.3 is 0 Å². The third-order valence-corrected chi connectivity index (χ3v) is 3.40. The van der Waals surface area contributed by atoms with Crippen molar-refractivity contribution < 1.29 is 26.7 Å². The number of hydrogen-bond acceptors (Lipinski definition) is 2. The number of guanidine groups is 1. The van der Waals surface area contributed by atoms with Gasteiger partial charge in [-0.15, -0.1) is 24.0 Å². The second-order valence-corrected chi connectivity index (χ2v) is 5.29. The first kappa shape index (κ1) is 23.6. The van der Waals surface area contributed by atoms with Crippen molar-refractivity contribution >= 4 is 41.5 Å². The fourth-order valence-electron chi connectivity index (χ4n) is 2.06. The molecule has 5 nitrogen and oxygen atoms in total. The Morgan fingerprint density at radius 3 is 2.32 bits per heavy atom. The van der Waals surface area contributed by atoms with Crippen LogP contribution in [-0.4, -0.2) is 25.5 Å². The van der Waals surface area contributed by atoms with Crippen LogP contribution < -0.4 is 16.0 Å². The van der Waals surface area contributed by atoms with Crippen molar-refractivity contribution in [1.82, 2.24) is 10.6 Å². The summed E-state index contributed by atoms with van der Waals surface area (Å²) >= 11 is 0. The average molecular weight is 514 g/mol. The van der Waals surface area contributed by atoms with Crippen molar-refractivity contribution in [2.45, 2.75) is 6.54 Å². The van der Waals surface area contributed by atoms with E-state index in [4.69, 9.17) is 0 Å². The Kier molecular flexibility index (Phi) is 9.09. The molecule has 152 valence electrons. The summed E-state index contributed by atoms with van der Waals surface area (Å²) in [6.07, 6.45) is 0. The zero-order valence-electron chi connectivity index (χ0n) is 14.5. The lowest BCUT2D eigenvalue weighted by atomic mass is 10.2. The van der Waals surface area contributed by atoms with Crippen molar-refractivity contribution in [3.63, 3.8) is 0 Å². The highest BCUT2D eigenvalue weighted by atomic mass is 127. The standard InChI is InChI=1S/C17H15F5N4O.HI/c1-23-17(24-7-9-6-10(18)2-3-11(9)19)25-8-14(27)26-13-5-4-12(20)15(21)16(13)22;/h2-6H,7-8H2,1H3,(H,26,27)(H2,23,24,25);1H. The van der Waals surface area contributed by atoms with E-state index in [1.54, 1.807) is 0 Å². The third kappa shape index (κ3) is 6.32. The molecule has 2 aromatic carbocycles. The molecule has 0 spiro atoms. The maximum Gasteiger partial charge on any atom is 0.243 e. The molecule has 0 radical (unpaired) electrons. The zero-order chi connectivity index (χ0) is 20.0. The Morgan fingerprint density at radius 1 is 0.964 bits per heavy atom. The van der Waals surface area contributed by atoms with E-state index in [1.165, 1.54) is 7.05 Å². The molecular weight excluding hydrogens is 498 g/mol. The summed E-state index contributed by atoms with van der Waals surface area (Å²) in [4.78, 5) is 15.6. The van der Waals surface area contributed by atoms with Gasteiger partial charge in [-0.25, -0.2) is 22.0 Å². The van der Waals surface area contributed by atoms with E-state index in [9.17, 15) is 26.7 Å². The van der Waals surface area contributed by atoms with E-state index in [0.29, 0.717) is 6.07 Å². The van der Waals surface area contributed by atoms with Crippen LogP contribution in [0.4, 0.5) is 27.6 Å². The second-order valence-electron chi connectivity index (χ2n) is 5.29. The van der Waals surface area contributed by atoms with Crippen LogP contribution in [-0.2, 0) is 11.3 Å². The van der Waals surface area contributed by atoms with Gasteiger partial charge in [0.1, 0.15) is 11.6 Å². The van der Waals surface area contributed by atoms with E-state index >= 15 is 0 Å². The lowest BCUT2D eigenvalue weighted by Crippen LogP contribution is -2.41. The highest BCUT2D eigenvalue weighted by molar-refractivity contribution is 14.0. The Labute approximate surface area is 174 Å². The third-order valence-electron chi connectivity index (χ3n) is 3.40. The van der Waals surface area contributed by atoms with Crippen LogP contribution in [0, 0.1) is 29.1 Å². The van der Waals surface area contributed by atoms with Gasteiger partial charge in [-0.1, -0.05) is 0 Å².